The van der Waals surface area contributed by atoms with Gasteiger partial charge in [-0.25, -0.2) is 0 Å². The van der Waals surface area contributed by atoms with Crippen LogP contribution in [0.1, 0.15) is 32.6 Å². The highest BCUT2D eigenvalue weighted by Gasteiger charge is 2.16. The Morgan fingerprint density at radius 2 is 1.61 bits per heavy atom. The second-order valence-corrected chi connectivity index (χ2v) is 7.44. The third-order valence-corrected chi connectivity index (χ3v) is 4.87. The van der Waals surface area contributed by atoms with E-state index in [2.05, 4.69) is 10.6 Å². The van der Waals surface area contributed by atoms with Crippen LogP contribution >= 0.6 is 12.2 Å². The standard InChI is InChI=1S/C22H28N2O3S/c1-16(15-26-19-13-11-18(25-2)12-14-19)23-22(28)24-17-7-9-21(10-8-17)27-20-5-3-4-6-20/h7-14,16,20H,3-6,15H2,1-2H3,(H2,23,24,28). The normalized spacial score (nSPS) is 14.9. The van der Waals surface area contributed by atoms with E-state index < -0.39 is 0 Å². The van der Waals surface area contributed by atoms with Crippen molar-refractivity contribution < 1.29 is 14.2 Å². The van der Waals surface area contributed by atoms with E-state index in [1.54, 1.807) is 7.11 Å². The van der Waals surface area contributed by atoms with Gasteiger partial charge in [0.25, 0.3) is 0 Å². The predicted octanol–water partition coefficient (Wildman–Crippen LogP) is 4.77. The van der Waals surface area contributed by atoms with Crippen LogP contribution in [0, 0.1) is 0 Å². The van der Waals surface area contributed by atoms with Crippen molar-refractivity contribution in [3.63, 3.8) is 0 Å². The van der Waals surface area contributed by atoms with Crippen LogP contribution in [0.3, 0.4) is 0 Å². The lowest BCUT2D eigenvalue weighted by atomic mass is 10.2. The Bertz CT molecular complexity index is 743. The lowest BCUT2D eigenvalue weighted by Crippen LogP contribution is -2.39. The summed E-state index contributed by atoms with van der Waals surface area (Å²) in [5.74, 6) is 2.52. The van der Waals surface area contributed by atoms with Gasteiger partial charge >= 0.3 is 0 Å². The molecule has 1 atom stereocenters. The molecule has 1 unspecified atom stereocenters. The summed E-state index contributed by atoms with van der Waals surface area (Å²) in [6, 6.07) is 15.5. The van der Waals surface area contributed by atoms with Crippen LogP contribution in [0.25, 0.3) is 0 Å². The lowest BCUT2D eigenvalue weighted by Gasteiger charge is -2.18. The van der Waals surface area contributed by atoms with Crippen LogP contribution in [-0.4, -0.2) is 31.0 Å². The molecule has 1 saturated carbocycles. The van der Waals surface area contributed by atoms with Crippen molar-refractivity contribution in [2.75, 3.05) is 19.0 Å². The highest BCUT2D eigenvalue weighted by Crippen LogP contribution is 2.25. The fraction of sp³-hybridized carbons (Fsp3) is 0.409. The molecule has 1 aliphatic rings. The zero-order valence-electron chi connectivity index (χ0n) is 16.4. The molecular formula is C22H28N2O3S. The zero-order chi connectivity index (χ0) is 19.8. The smallest absolute Gasteiger partial charge is 0.171 e. The summed E-state index contributed by atoms with van der Waals surface area (Å²) in [4.78, 5) is 0. The van der Waals surface area contributed by atoms with Gasteiger partial charge in [-0.1, -0.05) is 0 Å². The highest BCUT2D eigenvalue weighted by atomic mass is 32.1. The van der Waals surface area contributed by atoms with Crippen molar-refractivity contribution in [3.05, 3.63) is 48.5 Å². The number of nitrogens with one attached hydrogen (secondary N) is 2. The molecule has 1 aliphatic carbocycles. The van der Waals surface area contributed by atoms with Crippen LogP contribution in [0.2, 0.25) is 0 Å². The summed E-state index contributed by atoms with van der Waals surface area (Å²) < 4.78 is 16.9. The van der Waals surface area contributed by atoms with Crippen LogP contribution < -0.4 is 24.8 Å². The quantitative estimate of drug-likeness (QED) is 0.623. The lowest BCUT2D eigenvalue weighted by molar-refractivity contribution is 0.210. The minimum absolute atomic E-state index is 0.0621. The summed E-state index contributed by atoms with van der Waals surface area (Å²) in [5.41, 5.74) is 0.930. The van der Waals surface area contributed by atoms with Gasteiger partial charge in [0.05, 0.1) is 19.3 Å². The van der Waals surface area contributed by atoms with E-state index >= 15 is 0 Å². The maximum Gasteiger partial charge on any atom is 0.171 e. The maximum atomic E-state index is 5.99. The first kappa shape index (κ1) is 20.3. The Kier molecular flexibility index (Phi) is 7.37. The number of thiocarbonyl (C=S) groups is 1. The molecule has 2 aromatic carbocycles. The SMILES string of the molecule is COc1ccc(OCC(C)NC(=S)Nc2ccc(OC3CCCC3)cc2)cc1. The number of ether oxygens (including phenoxy) is 3. The minimum Gasteiger partial charge on any atom is -0.497 e. The average Bonchev–Trinajstić information content (AvgIpc) is 3.21. The molecule has 0 bridgehead atoms. The average molecular weight is 401 g/mol. The van der Waals surface area contributed by atoms with Crippen molar-refractivity contribution >= 4 is 23.0 Å². The highest BCUT2D eigenvalue weighted by molar-refractivity contribution is 7.80. The fourth-order valence-corrected chi connectivity index (χ4v) is 3.46. The molecule has 150 valence electrons. The molecule has 28 heavy (non-hydrogen) atoms. The molecule has 0 aliphatic heterocycles. The van der Waals surface area contributed by atoms with Gasteiger partial charge in [0.15, 0.2) is 5.11 Å². The van der Waals surface area contributed by atoms with Gasteiger partial charge in [0, 0.05) is 5.69 Å². The molecule has 2 aromatic rings. The number of hydrogen-bond acceptors (Lipinski definition) is 4. The summed E-state index contributed by atoms with van der Waals surface area (Å²) >= 11 is 5.40. The van der Waals surface area contributed by atoms with Gasteiger partial charge in [0.1, 0.15) is 23.9 Å². The number of benzene rings is 2. The summed E-state index contributed by atoms with van der Waals surface area (Å²) in [7, 11) is 1.64. The molecule has 0 saturated heterocycles. The second kappa shape index (κ2) is 10.2. The van der Waals surface area contributed by atoms with E-state index in [-0.39, 0.29) is 6.04 Å². The third kappa shape index (κ3) is 6.30. The number of rotatable bonds is 8. The Hall–Kier alpha value is -2.47. The van der Waals surface area contributed by atoms with Crippen molar-refractivity contribution in [1.29, 1.82) is 0 Å². The first-order valence-corrected chi connectivity index (χ1v) is 10.1. The molecule has 0 amide bonds. The van der Waals surface area contributed by atoms with E-state index in [0.29, 0.717) is 17.8 Å². The minimum atomic E-state index is 0.0621. The van der Waals surface area contributed by atoms with Crippen molar-refractivity contribution in [3.8, 4) is 17.2 Å². The molecule has 2 N–H and O–H groups in total. The summed E-state index contributed by atoms with van der Waals surface area (Å²) in [5, 5.41) is 7.00. The van der Waals surface area contributed by atoms with E-state index in [1.807, 2.05) is 55.5 Å². The van der Waals surface area contributed by atoms with Gasteiger partial charge in [-0.05, 0) is 93.4 Å². The summed E-state index contributed by atoms with van der Waals surface area (Å²) in [6.45, 7) is 2.53. The molecular weight excluding hydrogens is 372 g/mol. The van der Waals surface area contributed by atoms with E-state index in [1.165, 1.54) is 12.8 Å². The zero-order valence-corrected chi connectivity index (χ0v) is 17.3. The van der Waals surface area contributed by atoms with Gasteiger partial charge in [-0.2, -0.15) is 0 Å². The molecule has 0 radical (unpaired) electrons. The molecule has 0 aromatic heterocycles. The second-order valence-electron chi connectivity index (χ2n) is 7.03. The Balaban J connectivity index is 1.39. The predicted molar refractivity (Wildman–Crippen MR) is 117 cm³/mol. The van der Waals surface area contributed by atoms with Gasteiger partial charge in [-0.3, -0.25) is 0 Å². The number of anilines is 1. The van der Waals surface area contributed by atoms with Crippen LogP contribution in [0.4, 0.5) is 5.69 Å². The molecule has 6 heteroatoms. The van der Waals surface area contributed by atoms with Crippen LogP contribution in [0.5, 0.6) is 17.2 Å². The van der Waals surface area contributed by atoms with Crippen molar-refractivity contribution in [1.82, 2.24) is 5.32 Å². The first-order valence-electron chi connectivity index (χ1n) is 9.73. The topological polar surface area (TPSA) is 51.8 Å². The van der Waals surface area contributed by atoms with Gasteiger partial charge in [0.2, 0.25) is 0 Å². The summed E-state index contributed by atoms with van der Waals surface area (Å²) in [6.07, 6.45) is 5.22. The van der Waals surface area contributed by atoms with Crippen LogP contribution in [0.15, 0.2) is 48.5 Å². The van der Waals surface area contributed by atoms with Crippen molar-refractivity contribution in [2.24, 2.45) is 0 Å². The molecule has 1 fully saturated rings. The Labute approximate surface area is 172 Å². The molecule has 3 rings (SSSR count). The van der Waals surface area contributed by atoms with Crippen molar-refractivity contribution in [2.45, 2.75) is 44.8 Å². The van der Waals surface area contributed by atoms with E-state index in [0.717, 1.165) is 35.8 Å². The first-order chi connectivity index (χ1) is 13.6. The molecule has 0 spiro atoms. The van der Waals surface area contributed by atoms with Gasteiger partial charge in [-0.15, -0.1) is 0 Å². The molecule has 0 heterocycles. The van der Waals surface area contributed by atoms with E-state index in [9.17, 15) is 0 Å². The Morgan fingerprint density at radius 1 is 1.00 bits per heavy atom. The van der Waals surface area contributed by atoms with Crippen LogP contribution in [-0.2, 0) is 0 Å². The Morgan fingerprint density at radius 3 is 2.25 bits per heavy atom. The largest absolute Gasteiger partial charge is 0.497 e. The fourth-order valence-electron chi connectivity index (χ4n) is 3.14. The third-order valence-electron chi connectivity index (χ3n) is 4.65. The monoisotopic (exact) mass is 400 g/mol. The molecule has 5 nitrogen and oxygen atoms in total. The van der Waals surface area contributed by atoms with E-state index in [4.69, 9.17) is 26.4 Å². The number of hydrogen-bond donors (Lipinski definition) is 2. The number of methoxy groups -OCH3 is 1. The van der Waals surface area contributed by atoms with Gasteiger partial charge < -0.3 is 24.8 Å². The maximum absolute atomic E-state index is 5.99.